The first-order chi connectivity index (χ1) is 8.51. The molecule has 1 rings (SSSR count). The Labute approximate surface area is 106 Å². The third-order valence-electron chi connectivity index (χ3n) is 2.94. The number of hydrogen-bond donors (Lipinski definition) is 3. The average Bonchev–Trinajstić information content (AvgIpc) is 2.32. The van der Waals surface area contributed by atoms with Crippen LogP contribution in [0.15, 0.2) is 9.59 Å². The molecule has 1 aromatic rings. The number of aromatic nitrogens is 2. The Morgan fingerprint density at radius 2 is 2.06 bits per heavy atom. The average molecular weight is 254 g/mol. The fraction of sp³-hybridized carbons (Fsp3) is 0.667. The van der Waals surface area contributed by atoms with Gasteiger partial charge < -0.3 is 11.1 Å². The minimum absolute atomic E-state index is 0.149. The highest BCUT2D eigenvalue weighted by atomic mass is 16.2. The van der Waals surface area contributed by atoms with Gasteiger partial charge in [-0.2, -0.15) is 0 Å². The number of H-pyrrole nitrogens is 1. The summed E-state index contributed by atoms with van der Waals surface area (Å²) in [5.41, 5.74) is 5.23. The van der Waals surface area contributed by atoms with Crippen LogP contribution in [0, 0.1) is 0 Å². The Bertz CT molecular complexity index is 504. The molecule has 0 radical (unpaired) electrons. The predicted octanol–water partition coefficient (Wildman–Crippen LogP) is 1.13. The van der Waals surface area contributed by atoms with Crippen molar-refractivity contribution < 1.29 is 0 Å². The maximum absolute atomic E-state index is 11.7. The zero-order valence-corrected chi connectivity index (χ0v) is 11.2. The molecule has 0 saturated carbocycles. The van der Waals surface area contributed by atoms with E-state index in [1.165, 1.54) is 4.57 Å². The molecule has 0 spiro atoms. The number of anilines is 2. The van der Waals surface area contributed by atoms with E-state index in [1.54, 1.807) is 6.92 Å². The van der Waals surface area contributed by atoms with E-state index >= 15 is 0 Å². The van der Waals surface area contributed by atoms with E-state index in [-0.39, 0.29) is 11.9 Å². The lowest BCUT2D eigenvalue weighted by molar-refractivity contribution is 0.640. The second kappa shape index (κ2) is 6.28. The third-order valence-corrected chi connectivity index (χ3v) is 2.94. The smallest absolute Gasteiger partial charge is 0.330 e. The van der Waals surface area contributed by atoms with Gasteiger partial charge in [-0.25, -0.2) is 4.79 Å². The van der Waals surface area contributed by atoms with E-state index in [1.807, 2.05) is 6.92 Å². The molecule has 1 aromatic heterocycles. The van der Waals surface area contributed by atoms with E-state index < -0.39 is 11.2 Å². The summed E-state index contributed by atoms with van der Waals surface area (Å²) in [4.78, 5) is 25.5. The van der Waals surface area contributed by atoms with Crippen molar-refractivity contribution >= 4 is 11.5 Å². The largest absolute Gasteiger partial charge is 0.383 e. The van der Waals surface area contributed by atoms with Gasteiger partial charge >= 0.3 is 5.69 Å². The van der Waals surface area contributed by atoms with Gasteiger partial charge in [0.15, 0.2) is 0 Å². The van der Waals surface area contributed by atoms with Crippen LogP contribution >= 0.6 is 0 Å². The SMILES string of the molecule is CCCCC(C)Nc1c(N)n(CC)c(=O)[nH]c1=O. The van der Waals surface area contributed by atoms with Crippen molar-refractivity contribution in [3.63, 3.8) is 0 Å². The van der Waals surface area contributed by atoms with Gasteiger partial charge in [0.25, 0.3) is 5.56 Å². The molecule has 0 aliphatic heterocycles. The zero-order chi connectivity index (χ0) is 13.7. The Hall–Kier alpha value is -1.72. The summed E-state index contributed by atoms with van der Waals surface area (Å²) >= 11 is 0. The minimum atomic E-state index is -0.466. The highest BCUT2D eigenvalue weighted by Gasteiger charge is 2.13. The van der Waals surface area contributed by atoms with E-state index in [4.69, 9.17) is 5.73 Å². The van der Waals surface area contributed by atoms with Crippen LogP contribution in [0.4, 0.5) is 11.5 Å². The molecule has 0 amide bonds. The van der Waals surface area contributed by atoms with Crippen molar-refractivity contribution in [2.24, 2.45) is 0 Å². The normalized spacial score (nSPS) is 12.4. The predicted molar refractivity (Wildman–Crippen MR) is 74.0 cm³/mol. The second-order valence-electron chi connectivity index (χ2n) is 4.45. The van der Waals surface area contributed by atoms with Crippen LogP contribution in [0.1, 0.15) is 40.0 Å². The zero-order valence-electron chi connectivity index (χ0n) is 11.2. The Kier molecular flexibility index (Phi) is 5.00. The highest BCUT2D eigenvalue weighted by molar-refractivity contribution is 5.60. The number of nitrogens with one attached hydrogen (secondary N) is 2. The molecule has 6 nitrogen and oxygen atoms in total. The van der Waals surface area contributed by atoms with Crippen molar-refractivity contribution in [2.75, 3.05) is 11.1 Å². The van der Waals surface area contributed by atoms with Crippen LogP contribution < -0.4 is 22.3 Å². The van der Waals surface area contributed by atoms with Gasteiger partial charge in [0, 0.05) is 12.6 Å². The van der Waals surface area contributed by atoms with Crippen LogP contribution in [0.5, 0.6) is 0 Å². The first-order valence-corrected chi connectivity index (χ1v) is 6.40. The fourth-order valence-electron chi connectivity index (χ4n) is 1.87. The Morgan fingerprint density at radius 3 is 2.61 bits per heavy atom. The first-order valence-electron chi connectivity index (χ1n) is 6.40. The first kappa shape index (κ1) is 14.3. The standard InChI is InChI=1S/C12H22N4O2/c1-4-6-7-8(3)14-9-10(13)16(5-2)12(18)15-11(9)17/h8,14H,4-7,13H2,1-3H3,(H,15,17,18). The van der Waals surface area contributed by atoms with Gasteiger partial charge in [0.2, 0.25) is 0 Å². The molecule has 0 aromatic carbocycles. The van der Waals surface area contributed by atoms with Gasteiger partial charge in [-0.15, -0.1) is 0 Å². The molecule has 0 bridgehead atoms. The van der Waals surface area contributed by atoms with Crippen molar-refractivity contribution in [1.82, 2.24) is 9.55 Å². The minimum Gasteiger partial charge on any atom is -0.383 e. The van der Waals surface area contributed by atoms with E-state index in [0.29, 0.717) is 12.2 Å². The topological polar surface area (TPSA) is 92.9 Å². The number of hydrogen-bond acceptors (Lipinski definition) is 4. The summed E-state index contributed by atoms with van der Waals surface area (Å²) in [6, 6.07) is 0.149. The van der Waals surface area contributed by atoms with Gasteiger partial charge in [0.05, 0.1) is 0 Å². The Balaban J connectivity index is 3.02. The molecular formula is C12H22N4O2. The van der Waals surface area contributed by atoms with Crippen LogP contribution in [-0.2, 0) is 6.54 Å². The van der Waals surface area contributed by atoms with Crippen LogP contribution in [0.3, 0.4) is 0 Å². The summed E-state index contributed by atoms with van der Waals surface area (Å²) in [5, 5.41) is 3.09. The van der Waals surface area contributed by atoms with Gasteiger partial charge in [-0.3, -0.25) is 14.3 Å². The molecule has 0 aliphatic carbocycles. The lowest BCUT2D eigenvalue weighted by atomic mass is 10.1. The monoisotopic (exact) mass is 254 g/mol. The summed E-state index contributed by atoms with van der Waals surface area (Å²) in [7, 11) is 0. The Morgan fingerprint density at radius 1 is 1.39 bits per heavy atom. The number of unbranched alkanes of at least 4 members (excludes halogenated alkanes) is 1. The molecule has 6 heteroatoms. The van der Waals surface area contributed by atoms with Crippen molar-refractivity contribution in [3.05, 3.63) is 20.8 Å². The maximum Gasteiger partial charge on any atom is 0.330 e. The lowest BCUT2D eigenvalue weighted by Crippen LogP contribution is -2.35. The molecule has 18 heavy (non-hydrogen) atoms. The molecule has 1 unspecified atom stereocenters. The summed E-state index contributed by atoms with van der Waals surface area (Å²) in [6.07, 6.45) is 3.15. The van der Waals surface area contributed by atoms with Crippen molar-refractivity contribution in [3.8, 4) is 0 Å². The molecule has 0 saturated heterocycles. The quantitative estimate of drug-likeness (QED) is 0.709. The second-order valence-corrected chi connectivity index (χ2v) is 4.45. The molecule has 0 fully saturated rings. The molecular weight excluding hydrogens is 232 g/mol. The number of aromatic amines is 1. The van der Waals surface area contributed by atoms with Gasteiger partial charge in [-0.05, 0) is 20.3 Å². The molecule has 102 valence electrons. The van der Waals surface area contributed by atoms with E-state index in [2.05, 4.69) is 17.2 Å². The molecule has 4 N–H and O–H groups in total. The van der Waals surface area contributed by atoms with Gasteiger partial charge in [-0.1, -0.05) is 19.8 Å². The van der Waals surface area contributed by atoms with Gasteiger partial charge in [0.1, 0.15) is 11.5 Å². The lowest BCUT2D eigenvalue weighted by Gasteiger charge is -2.17. The van der Waals surface area contributed by atoms with Crippen LogP contribution in [0.25, 0.3) is 0 Å². The van der Waals surface area contributed by atoms with E-state index in [0.717, 1.165) is 19.3 Å². The molecule has 1 atom stereocenters. The number of nitrogens with zero attached hydrogens (tertiary/aromatic N) is 1. The summed E-state index contributed by atoms with van der Waals surface area (Å²) in [6.45, 7) is 6.35. The maximum atomic E-state index is 11.7. The van der Waals surface area contributed by atoms with Crippen LogP contribution in [0.2, 0.25) is 0 Å². The van der Waals surface area contributed by atoms with Crippen molar-refractivity contribution in [1.29, 1.82) is 0 Å². The highest BCUT2D eigenvalue weighted by Crippen LogP contribution is 2.13. The number of nitrogen functional groups attached to an aromatic ring is 1. The molecule has 1 heterocycles. The van der Waals surface area contributed by atoms with Crippen molar-refractivity contribution in [2.45, 2.75) is 52.6 Å². The molecule has 0 aliphatic rings. The van der Waals surface area contributed by atoms with Crippen LogP contribution in [-0.4, -0.2) is 15.6 Å². The number of nitrogens with two attached hydrogens (primary N) is 1. The number of rotatable bonds is 6. The third kappa shape index (κ3) is 3.15. The summed E-state index contributed by atoms with van der Waals surface area (Å²) < 4.78 is 1.34. The van der Waals surface area contributed by atoms with E-state index in [9.17, 15) is 9.59 Å². The summed E-state index contributed by atoms with van der Waals surface area (Å²) in [5.74, 6) is 0.203. The fourth-order valence-corrected chi connectivity index (χ4v) is 1.87.